The number of carbonyl (C=O) groups excluding carboxylic acids is 3. The van der Waals surface area contributed by atoms with Crippen molar-refractivity contribution in [2.75, 3.05) is 11.9 Å². The first kappa shape index (κ1) is 52.1. The molecule has 6 aromatic rings. The minimum absolute atomic E-state index is 0.0751. The smallest absolute Gasteiger partial charge is 0.475 e. The molecule has 0 unspecified atom stereocenters. The van der Waals surface area contributed by atoms with Crippen LogP contribution in [-0.4, -0.2) is 101 Å². The van der Waals surface area contributed by atoms with E-state index in [1.807, 2.05) is 117 Å². The van der Waals surface area contributed by atoms with Gasteiger partial charge in [0.25, 0.3) is 5.91 Å². The molecule has 1 aliphatic heterocycles. The standard InChI is InChI=1S/C50H59N9O4S.C2HF3O2/c1-6-7-38-25-44(59-43(55-38)22-23-54-59)56-39-20-21-40(24-39)57-47(61)37-18-16-35(17-19-37)34-12-8-32(9-13-34)27-51-46(50(3,4)5)49(63)58-29-41(60)26-42(58)48(62)52-28-33-10-14-36(15-11-33)45-31(2)53-30-64-45;3-2(4,5)1(6)7/h8-19,22-23,25,30,39-42,46,51,56,60H,6-7,20-21,24,26-29H2,1-5H3,(H,52,62)(H,57,61);(H,6,7)/t39-,40-,41-,42+,46-;/m1./s1. The number of fused-ring (bicyclic) bond motifs is 1. The van der Waals surface area contributed by atoms with Gasteiger partial charge in [-0.05, 0) is 78.0 Å². The predicted molar refractivity (Wildman–Crippen MR) is 265 cm³/mol. The Labute approximate surface area is 414 Å². The average molecular weight is 996 g/mol. The molecule has 19 heteroatoms. The highest BCUT2D eigenvalue weighted by atomic mass is 32.1. The maximum absolute atomic E-state index is 14.2. The maximum atomic E-state index is 14.2. The Morgan fingerprint density at radius 1 is 0.859 bits per heavy atom. The molecule has 5 atom stereocenters. The zero-order valence-electron chi connectivity index (χ0n) is 40.3. The predicted octanol–water partition coefficient (Wildman–Crippen LogP) is 7.96. The van der Waals surface area contributed by atoms with E-state index in [9.17, 15) is 32.7 Å². The van der Waals surface area contributed by atoms with Gasteiger partial charge < -0.3 is 36.4 Å². The Balaban J connectivity index is 0.000000985. The first-order chi connectivity index (χ1) is 33.8. The number of β-amino-alcohol motifs (C(OH)–C–C–N with tert-alkyl or cyclic N) is 1. The van der Waals surface area contributed by atoms with E-state index in [0.717, 1.165) is 87.7 Å². The van der Waals surface area contributed by atoms with Crippen LogP contribution in [0.1, 0.15) is 92.7 Å². The molecular weight excluding hydrogens is 936 g/mol. The molecule has 2 fully saturated rings. The fourth-order valence-corrected chi connectivity index (χ4v) is 9.73. The molecule has 4 heterocycles. The SMILES string of the molecule is CCCc1cc(N[C@@H]2CC[C@@H](NC(=O)c3ccc(-c4ccc(CN[C@H](C(=O)N5C[C@H](O)C[C@H]5C(=O)NCc5ccc(-c6scnc6C)cc5)C(C)(C)C)cc4)cc3)C2)n2nccc2n1.O=C(O)C(F)(F)F. The second-order valence-corrected chi connectivity index (χ2v) is 20.0. The molecule has 1 saturated carbocycles. The van der Waals surface area contributed by atoms with Gasteiger partial charge in [0.05, 0.1) is 34.4 Å². The maximum Gasteiger partial charge on any atom is 0.490 e. The molecule has 6 N–H and O–H groups in total. The molecule has 71 heavy (non-hydrogen) atoms. The monoisotopic (exact) mass is 995 g/mol. The van der Waals surface area contributed by atoms with Crippen molar-refractivity contribution in [1.29, 1.82) is 0 Å². The molecular formula is C52H60F3N9O6S. The number of aryl methyl sites for hydroxylation is 2. The number of aliphatic hydroxyl groups is 1. The third-order valence-corrected chi connectivity index (χ3v) is 13.6. The van der Waals surface area contributed by atoms with Crippen LogP contribution < -0.4 is 21.3 Å². The van der Waals surface area contributed by atoms with Crippen LogP contribution in [0.5, 0.6) is 0 Å². The number of likely N-dealkylation sites (tertiary alicyclic amines) is 1. The van der Waals surface area contributed by atoms with Crippen LogP contribution in [0.15, 0.2) is 96.6 Å². The highest BCUT2D eigenvalue weighted by molar-refractivity contribution is 7.13. The van der Waals surface area contributed by atoms with Crippen LogP contribution >= 0.6 is 11.3 Å². The van der Waals surface area contributed by atoms with Crippen molar-refractivity contribution in [1.82, 2.24) is 40.4 Å². The molecule has 8 rings (SSSR count). The molecule has 3 aromatic carbocycles. The largest absolute Gasteiger partial charge is 0.490 e. The summed E-state index contributed by atoms with van der Waals surface area (Å²) in [5, 5.41) is 35.6. The van der Waals surface area contributed by atoms with Gasteiger partial charge in [-0.15, -0.1) is 11.3 Å². The van der Waals surface area contributed by atoms with Gasteiger partial charge in [-0.1, -0.05) is 94.8 Å². The third-order valence-electron chi connectivity index (χ3n) is 12.6. The Kier molecular flexibility index (Phi) is 16.6. The van der Waals surface area contributed by atoms with Gasteiger partial charge in [0, 0.05) is 61.5 Å². The van der Waals surface area contributed by atoms with Crippen molar-refractivity contribution in [3.8, 4) is 21.6 Å². The van der Waals surface area contributed by atoms with Crippen LogP contribution in [-0.2, 0) is 33.9 Å². The fraction of sp³-hybridized carbons (Fsp3) is 0.404. The van der Waals surface area contributed by atoms with E-state index in [1.54, 1.807) is 22.4 Å². The zero-order chi connectivity index (χ0) is 51.0. The van der Waals surface area contributed by atoms with E-state index in [2.05, 4.69) is 44.3 Å². The Morgan fingerprint density at radius 2 is 1.48 bits per heavy atom. The lowest BCUT2D eigenvalue weighted by molar-refractivity contribution is -0.192. The minimum atomic E-state index is -5.08. The minimum Gasteiger partial charge on any atom is -0.475 e. The number of aliphatic hydroxyl groups excluding tert-OH is 1. The molecule has 1 saturated heterocycles. The van der Waals surface area contributed by atoms with Crippen LogP contribution in [0, 0.1) is 12.3 Å². The molecule has 3 amide bonds. The van der Waals surface area contributed by atoms with Gasteiger partial charge in [0.2, 0.25) is 11.8 Å². The lowest BCUT2D eigenvalue weighted by Gasteiger charge is -2.35. The van der Waals surface area contributed by atoms with Crippen molar-refractivity contribution in [2.24, 2.45) is 5.41 Å². The number of aliphatic carboxylic acids is 1. The molecule has 2 aliphatic rings. The summed E-state index contributed by atoms with van der Waals surface area (Å²) in [6.45, 7) is 11.0. The fourth-order valence-electron chi connectivity index (χ4n) is 8.92. The number of amides is 3. The molecule has 3 aromatic heterocycles. The number of aromatic nitrogens is 4. The highest BCUT2D eigenvalue weighted by Crippen LogP contribution is 2.30. The number of carbonyl (C=O) groups is 4. The van der Waals surface area contributed by atoms with Crippen LogP contribution in [0.4, 0.5) is 19.0 Å². The third kappa shape index (κ3) is 13.4. The van der Waals surface area contributed by atoms with Crippen molar-refractivity contribution in [2.45, 2.75) is 123 Å². The van der Waals surface area contributed by atoms with Gasteiger partial charge >= 0.3 is 12.1 Å². The number of nitrogens with zero attached hydrogens (tertiary/aromatic N) is 5. The van der Waals surface area contributed by atoms with E-state index in [1.165, 1.54) is 0 Å². The van der Waals surface area contributed by atoms with Gasteiger partial charge in [-0.25, -0.2) is 14.8 Å². The second-order valence-electron chi connectivity index (χ2n) is 19.1. The van der Waals surface area contributed by atoms with E-state index in [4.69, 9.17) is 14.9 Å². The van der Waals surface area contributed by atoms with Gasteiger partial charge in [0.15, 0.2) is 5.65 Å². The molecule has 15 nitrogen and oxygen atoms in total. The molecule has 0 spiro atoms. The highest BCUT2D eigenvalue weighted by Gasteiger charge is 2.44. The topological polar surface area (TPSA) is 203 Å². The Morgan fingerprint density at radius 3 is 2.08 bits per heavy atom. The number of carboxylic acids is 1. The normalized spacial score (nSPS) is 18.4. The van der Waals surface area contributed by atoms with E-state index < -0.39 is 35.7 Å². The summed E-state index contributed by atoms with van der Waals surface area (Å²) in [4.78, 5) is 61.7. The van der Waals surface area contributed by atoms with E-state index in [0.29, 0.717) is 18.7 Å². The molecule has 0 bridgehead atoms. The van der Waals surface area contributed by atoms with Crippen LogP contribution in [0.25, 0.3) is 27.2 Å². The molecule has 1 aliphatic carbocycles. The van der Waals surface area contributed by atoms with Gasteiger partial charge in [-0.3, -0.25) is 14.4 Å². The number of carboxylic acid groups (broad SMARTS) is 1. The number of hydrogen-bond donors (Lipinski definition) is 6. The van der Waals surface area contributed by atoms with Crippen LogP contribution in [0.3, 0.4) is 0 Å². The summed E-state index contributed by atoms with van der Waals surface area (Å²) >= 11 is 1.60. The van der Waals surface area contributed by atoms with Crippen LogP contribution in [0.2, 0.25) is 0 Å². The van der Waals surface area contributed by atoms with E-state index in [-0.39, 0.29) is 42.8 Å². The van der Waals surface area contributed by atoms with Gasteiger partial charge in [-0.2, -0.15) is 22.8 Å². The zero-order valence-corrected chi connectivity index (χ0v) is 41.1. The first-order valence-electron chi connectivity index (χ1n) is 23.7. The summed E-state index contributed by atoms with van der Waals surface area (Å²) in [6, 6.07) is 26.8. The number of rotatable bonds is 15. The van der Waals surface area contributed by atoms with Crippen molar-refractivity contribution in [3.63, 3.8) is 0 Å². The molecule has 0 radical (unpaired) electrons. The van der Waals surface area contributed by atoms with Crippen molar-refractivity contribution in [3.05, 3.63) is 125 Å². The number of nitrogens with one attached hydrogen (secondary N) is 4. The second kappa shape index (κ2) is 22.6. The average Bonchev–Trinajstić information content (AvgIpc) is 4.17. The Bertz CT molecular complexity index is 2790. The Hall–Kier alpha value is -6.70. The summed E-state index contributed by atoms with van der Waals surface area (Å²) in [7, 11) is 0. The van der Waals surface area contributed by atoms with Crippen molar-refractivity contribution >= 4 is 46.5 Å². The lowest BCUT2D eigenvalue weighted by Crippen LogP contribution is -2.56. The molecule has 376 valence electrons. The summed E-state index contributed by atoms with van der Waals surface area (Å²) in [6.07, 6.45) is 0.696. The number of benzene rings is 3. The quantitative estimate of drug-likeness (QED) is 0.0583. The summed E-state index contributed by atoms with van der Waals surface area (Å²) in [5.41, 5.74) is 9.88. The summed E-state index contributed by atoms with van der Waals surface area (Å²) in [5.74, 6) is -2.39. The van der Waals surface area contributed by atoms with E-state index >= 15 is 0 Å². The number of halogens is 3. The lowest BCUT2D eigenvalue weighted by atomic mass is 9.85. The number of hydrogen-bond acceptors (Lipinski definition) is 11. The number of alkyl halides is 3. The number of thiazole rings is 1. The first-order valence-corrected chi connectivity index (χ1v) is 24.5. The summed E-state index contributed by atoms with van der Waals surface area (Å²) < 4.78 is 33.6. The van der Waals surface area contributed by atoms with Gasteiger partial charge in [0.1, 0.15) is 11.9 Å². The number of anilines is 1. The van der Waals surface area contributed by atoms with Crippen molar-refractivity contribution < 1.29 is 42.6 Å².